The molecule has 32 heavy (non-hydrogen) atoms. The molecule has 0 aliphatic rings. The summed E-state index contributed by atoms with van der Waals surface area (Å²) in [6, 6.07) is 15.7. The summed E-state index contributed by atoms with van der Waals surface area (Å²) in [6.45, 7) is 4.23. The van der Waals surface area contributed by atoms with Gasteiger partial charge in [0.05, 0.1) is 7.11 Å². The molecule has 0 aliphatic heterocycles. The maximum Gasteiger partial charge on any atom is 0.274 e. The van der Waals surface area contributed by atoms with E-state index in [1.165, 1.54) is 19.2 Å². The summed E-state index contributed by atoms with van der Waals surface area (Å²) in [7, 11) is 1.40. The maximum absolute atomic E-state index is 14.0. The molecule has 2 heterocycles. The zero-order valence-electron chi connectivity index (χ0n) is 18.0. The highest BCUT2D eigenvalue weighted by atomic mass is 19.1. The van der Waals surface area contributed by atoms with E-state index < -0.39 is 5.82 Å². The van der Waals surface area contributed by atoms with E-state index in [0.717, 1.165) is 11.3 Å². The van der Waals surface area contributed by atoms with E-state index in [2.05, 4.69) is 29.3 Å². The number of methoxy groups -OCH3 is 1. The first-order valence-electron chi connectivity index (χ1n) is 10.2. The van der Waals surface area contributed by atoms with Crippen molar-refractivity contribution in [2.24, 2.45) is 0 Å². The zero-order valence-corrected chi connectivity index (χ0v) is 18.0. The molecule has 4 aromatic rings. The van der Waals surface area contributed by atoms with E-state index in [4.69, 9.17) is 9.26 Å². The Hall–Kier alpha value is -3.94. The number of rotatable bonds is 7. The Morgan fingerprint density at radius 2 is 2.00 bits per heavy atom. The van der Waals surface area contributed by atoms with Gasteiger partial charge in [0, 0.05) is 17.4 Å². The van der Waals surface area contributed by atoms with Crippen LogP contribution in [0.15, 0.2) is 65.3 Å². The Morgan fingerprint density at radius 1 is 1.19 bits per heavy atom. The number of hydrogen-bond donors (Lipinski definition) is 1. The van der Waals surface area contributed by atoms with Crippen molar-refractivity contribution >= 4 is 11.6 Å². The van der Waals surface area contributed by atoms with E-state index in [1.54, 1.807) is 29.0 Å². The predicted molar refractivity (Wildman–Crippen MR) is 119 cm³/mol. The number of nitrogens with zero attached hydrogens (tertiary/aromatic N) is 3. The Labute approximate surface area is 184 Å². The van der Waals surface area contributed by atoms with Gasteiger partial charge >= 0.3 is 0 Å². The van der Waals surface area contributed by atoms with Gasteiger partial charge in [-0.3, -0.25) is 4.79 Å². The quantitative estimate of drug-likeness (QED) is 0.437. The van der Waals surface area contributed by atoms with Crippen LogP contribution >= 0.6 is 0 Å². The summed E-state index contributed by atoms with van der Waals surface area (Å²) in [5.41, 5.74) is 2.91. The molecule has 7 nitrogen and oxygen atoms in total. The van der Waals surface area contributed by atoms with Crippen LogP contribution in [0.1, 0.15) is 25.3 Å². The van der Waals surface area contributed by atoms with E-state index in [9.17, 15) is 9.18 Å². The summed E-state index contributed by atoms with van der Waals surface area (Å²) in [4.78, 5) is 17.1. The summed E-state index contributed by atoms with van der Waals surface area (Å²) in [6.07, 6.45) is 1.76. The minimum atomic E-state index is -0.516. The second-order valence-electron chi connectivity index (χ2n) is 7.58. The summed E-state index contributed by atoms with van der Waals surface area (Å²) in [5.74, 6) is 0.205. The van der Waals surface area contributed by atoms with Crippen molar-refractivity contribution in [2.45, 2.75) is 26.3 Å². The van der Waals surface area contributed by atoms with Crippen LogP contribution in [0.5, 0.6) is 5.75 Å². The fourth-order valence-corrected chi connectivity index (χ4v) is 3.46. The molecule has 0 saturated carbocycles. The number of halogens is 1. The molecule has 1 N–H and O–H groups in total. The Morgan fingerprint density at radius 3 is 2.75 bits per heavy atom. The lowest BCUT2D eigenvalue weighted by molar-refractivity contribution is -0.116. The molecule has 1 amide bonds. The number of hydrogen-bond acceptors (Lipinski definition) is 5. The normalized spacial score (nSPS) is 11.0. The van der Waals surface area contributed by atoms with Crippen molar-refractivity contribution in [1.29, 1.82) is 0 Å². The second-order valence-corrected chi connectivity index (χ2v) is 7.58. The predicted octanol–water partition coefficient (Wildman–Crippen LogP) is 5.11. The lowest BCUT2D eigenvalue weighted by Crippen LogP contribution is -2.19. The van der Waals surface area contributed by atoms with Gasteiger partial charge in [-0.1, -0.05) is 37.2 Å². The molecule has 0 spiro atoms. The van der Waals surface area contributed by atoms with Crippen LogP contribution in [-0.4, -0.2) is 27.7 Å². The minimum Gasteiger partial charge on any atom is -0.494 e. The molecule has 0 aliphatic carbocycles. The average molecular weight is 434 g/mol. The van der Waals surface area contributed by atoms with E-state index in [1.807, 2.05) is 24.3 Å². The van der Waals surface area contributed by atoms with Crippen LogP contribution in [0.25, 0.3) is 23.0 Å². The van der Waals surface area contributed by atoms with Crippen molar-refractivity contribution < 1.29 is 18.4 Å². The largest absolute Gasteiger partial charge is 0.494 e. The van der Waals surface area contributed by atoms with Gasteiger partial charge in [-0.2, -0.15) is 4.98 Å². The molecule has 0 bridgehead atoms. The zero-order chi connectivity index (χ0) is 22.7. The molecule has 0 saturated heterocycles. The van der Waals surface area contributed by atoms with Crippen molar-refractivity contribution in [3.63, 3.8) is 0 Å². The summed E-state index contributed by atoms with van der Waals surface area (Å²) >= 11 is 0. The smallest absolute Gasteiger partial charge is 0.274 e. The monoisotopic (exact) mass is 434 g/mol. The van der Waals surface area contributed by atoms with Crippen molar-refractivity contribution in [3.05, 3.63) is 72.2 Å². The van der Waals surface area contributed by atoms with Crippen molar-refractivity contribution in [1.82, 2.24) is 14.7 Å². The average Bonchev–Trinajstić information content (AvgIpc) is 3.43. The van der Waals surface area contributed by atoms with Gasteiger partial charge in [-0.25, -0.2) is 4.39 Å². The van der Waals surface area contributed by atoms with Gasteiger partial charge in [0.1, 0.15) is 12.2 Å². The minimum absolute atomic E-state index is 0.0731. The van der Waals surface area contributed by atoms with Gasteiger partial charge in [0.15, 0.2) is 11.6 Å². The number of nitrogens with one attached hydrogen (secondary N) is 1. The Balaban J connectivity index is 1.52. The highest BCUT2D eigenvalue weighted by Crippen LogP contribution is 2.27. The van der Waals surface area contributed by atoms with E-state index in [0.29, 0.717) is 11.3 Å². The van der Waals surface area contributed by atoms with Gasteiger partial charge in [0.25, 0.3) is 5.89 Å². The lowest BCUT2D eigenvalue weighted by Gasteiger charge is -2.14. The Kier molecular flexibility index (Phi) is 6.02. The third-order valence-corrected chi connectivity index (χ3v) is 5.06. The molecule has 4 rings (SSSR count). The number of ether oxygens (including phenoxy) is 1. The number of amides is 1. The molecule has 0 fully saturated rings. The third-order valence-electron chi connectivity index (χ3n) is 5.06. The molecular formula is C24H23FN4O3. The molecule has 164 valence electrons. The second kappa shape index (κ2) is 9.05. The standard InChI is InChI=1S/C24H23FN4O3/c1-15(2)17-7-4-5-8-19(17)26-22(30)14-29-12-6-9-20(29)24-27-23(28-32-24)16-10-11-21(31-3)18(25)13-16/h4-13,15H,14H2,1-3H3,(H,26,30). The highest BCUT2D eigenvalue weighted by Gasteiger charge is 2.17. The summed E-state index contributed by atoms with van der Waals surface area (Å²) in [5, 5.41) is 6.93. The molecule has 8 heteroatoms. The van der Waals surface area contributed by atoms with Gasteiger partial charge in [0.2, 0.25) is 11.7 Å². The number of carbonyl (C=O) groups excluding carboxylic acids is 1. The van der Waals surface area contributed by atoms with E-state index in [-0.39, 0.29) is 35.8 Å². The first kappa shape index (κ1) is 21.3. The number of para-hydroxylation sites is 1. The van der Waals surface area contributed by atoms with Crippen LogP contribution in [0.3, 0.4) is 0 Å². The van der Waals surface area contributed by atoms with Gasteiger partial charge in [-0.05, 0) is 47.9 Å². The number of benzene rings is 2. The van der Waals surface area contributed by atoms with Crippen LogP contribution in [0.4, 0.5) is 10.1 Å². The van der Waals surface area contributed by atoms with Gasteiger partial charge in [-0.15, -0.1) is 0 Å². The van der Waals surface area contributed by atoms with E-state index >= 15 is 0 Å². The molecule has 2 aromatic carbocycles. The molecule has 0 atom stereocenters. The third kappa shape index (κ3) is 4.39. The Bertz CT molecular complexity index is 1250. The van der Waals surface area contributed by atoms with Gasteiger partial charge < -0.3 is 19.1 Å². The lowest BCUT2D eigenvalue weighted by atomic mass is 10.0. The first-order valence-corrected chi connectivity index (χ1v) is 10.2. The molecule has 2 aromatic heterocycles. The van der Waals surface area contributed by atoms with Crippen LogP contribution in [0.2, 0.25) is 0 Å². The topological polar surface area (TPSA) is 82.2 Å². The maximum atomic E-state index is 14.0. The first-order chi connectivity index (χ1) is 15.5. The number of aromatic nitrogens is 3. The molecule has 0 radical (unpaired) electrons. The fraction of sp³-hybridized carbons (Fsp3) is 0.208. The fourth-order valence-electron chi connectivity index (χ4n) is 3.46. The van der Waals surface area contributed by atoms with Crippen LogP contribution in [-0.2, 0) is 11.3 Å². The molecular weight excluding hydrogens is 411 g/mol. The summed E-state index contributed by atoms with van der Waals surface area (Å²) < 4.78 is 26.1. The molecule has 0 unspecified atom stereocenters. The SMILES string of the molecule is COc1ccc(-c2noc(-c3cccn3CC(=O)Nc3ccccc3C(C)C)n2)cc1F. The number of anilines is 1. The van der Waals surface area contributed by atoms with Crippen LogP contribution in [0, 0.1) is 5.82 Å². The number of carbonyl (C=O) groups is 1. The van der Waals surface area contributed by atoms with Crippen LogP contribution < -0.4 is 10.1 Å². The van der Waals surface area contributed by atoms with Crippen molar-refractivity contribution in [3.8, 4) is 28.7 Å². The van der Waals surface area contributed by atoms with Crippen molar-refractivity contribution in [2.75, 3.05) is 12.4 Å². The highest BCUT2D eigenvalue weighted by molar-refractivity contribution is 5.91.